The molecule has 1 aromatic carbocycles. The monoisotopic (exact) mass is 314 g/mol. The molecule has 0 spiro atoms. The Bertz CT molecular complexity index is 648. The largest absolute Gasteiger partial charge is 0.545 e. The number of hydrogen-bond donors (Lipinski definition) is 0. The van der Waals surface area contributed by atoms with Crippen molar-refractivity contribution in [1.82, 2.24) is 4.90 Å². The van der Waals surface area contributed by atoms with Gasteiger partial charge in [-0.2, -0.15) is 0 Å². The van der Waals surface area contributed by atoms with Crippen molar-refractivity contribution in [3.8, 4) is 0 Å². The summed E-state index contributed by atoms with van der Waals surface area (Å²) in [4.78, 5) is 38.1. The normalized spacial score (nSPS) is 18.5. The van der Waals surface area contributed by atoms with Gasteiger partial charge >= 0.3 is 0 Å². The van der Waals surface area contributed by atoms with Gasteiger partial charge in [-0.3, -0.25) is 9.59 Å². The smallest absolute Gasteiger partial charge is 0.242 e. The number of allylic oxidation sites excluding steroid dienone is 1. The highest BCUT2D eigenvalue weighted by Crippen LogP contribution is 2.31. The van der Waals surface area contributed by atoms with Crippen LogP contribution in [0.25, 0.3) is 0 Å². The van der Waals surface area contributed by atoms with Crippen LogP contribution in [0.5, 0.6) is 0 Å². The predicted octanol–water partition coefficient (Wildman–Crippen LogP) is 1.40. The van der Waals surface area contributed by atoms with E-state index in [0.29, 0.717) is 12.1 Å². The highest BCUT2D eigenvalue weighted by atomic mass is 16.4. The molecule has 5 nitrogen and oxygen atoms in total. The minimum absolute atomic E-state index is 0.184. The second-order valence-electron chi connectivity index (χ2n) is 5.65. The van der Waals surface area contributed by atoms with Crippen molar-refractivity contribution in [2.75, 3.05) is 6.54 Å². The Morgan fingerprint density at radius 3 is 2.39 bits per heavy atom. The van der Waals surface area contributed by atoms with E-state index in [2.05, 4.69) is 0 Å². The maximum Gasteiger partial charge on any atom is 0.242 e. The summed E-state index contributed by atoms with van der Waals surface area (Å²) < 4.78 is 0. The molecule has 0 saturated heterocycles. The van der Waals surface area contributed by atoms with Gasteiger partial charge in [0.25, 0.3) is 0 Å². The molecular formula is C18H20NO4-. The number of carbonyl (C=O) groups is 3. The standard InChI is InChI=1S/C18H21NO4/c1-3-4-8-11-19-12(2)14(18(22)23)16(20)15(17(19)21)13-9-6-5-7-10-13/h5-7,9-10,15H,3-4,8,11H2,1-2H3,(H,22,23)/p-1. The fourth-order valence-corrected chi connectivity index (χ4v) is 2.88. The van der Waals surface area contributed by atoms with Gasteiger partial charge in [0.15, 0.2) is 5.78 Å². The van der Waals surface area contributed by atoms with E-state index in [0.717, 1.165) is 19.3 Å². The second kappa shape index (κ2) is 7.22. The molecule has 1 aliphatic rings. The molecule has 0 radical (unpaired) electrons. The van der Waals surface area contributed by atoms with Crippen LogP contribution in [-0.4, -0.2) is 29.1 Å². The number of aliphatic carboxylic acids is 1. The van der Waals surface area contributed by atoms with Crippen molar-refractivity contribution in [1.29, 1.82) is 0 Å². The molecule has 23 heavy (non-hydrogen) atoms. The summed E-state index contributed by atoms with van der Waals surface area (Å²) in [5.41, 5.74) is 0.299. The Balaban J connectivity index is 2.44. The predicted molar refractivity (Wildman–Crippen MR) is 83.1 cm³/mol. The number of ketones is 1. The second-order valence-corrected chi connectivity index (χ2v) is 5.65. The minimum Gasteiger partial charge on any atom is -0.545 e. The van der Waals surface area contributed by atoms with E-state index in [-0.39, 0.29) is 11.6 Å². The molecule has 1 aliphatic heterocycles. The lowest BCUT2D eigenvalue weighted by atomic mass is 9.85. The van der Waals surface area contributed by atoms with Crippen molar-refractivity contribution >= 4 is 17.7 Å². The third-order valence-corrected chi connectivity index (χ3v) is 4.11. The highest BCUT2D eigenvalue weighted by molar-refractivity contribution is 6.27. The van der Waals surface area contributed by atoms with Gasteiger partial charge in [0, 0.05) is 12.2 Å². The number of carboxylic acids is 1. The van der Waals surface area contributed by atoms with E-state index < -0.39 is 23.2 Å². The number of Topliss-reactive ketones (excluding diaryl/α,β-unsaturated/α-hetero) is 1. The lowest BCUT2D eigenvalue weighted by Crippen LogP contribution is -2.47. The average Bonchev–Trinajstić information content (AvgIpc) is 2.51. The molecule has 1 heterocycles. The first kappa shape index (κ1) is 16.9. The maximum absolute atomic E-state index is 12.8. The van der Waals surface area contributed by atoms with Gasteiger partial charge in [0.1, 0.15) is 5.92 Å². The van der Waals surface area contributed by atoms with Gasteiger partial charge in [0.2, 0.25) is 5.91 Å². The quantitative estimate of drug-likeness (QED) is 0.452. The number of nitrogens with zero attached hydrogens (tertiary/aromatic N) is 1. The van der Waals surface area contributed by atoms with E-state index >= 15 is 0 Å². The first-order valence-electron chi connectivity index (χ1n) is 7.81. The number of rotatable bonds is 6. The van der Waals surface area contributed by atoms with E-state index in [9.17, 15) is 19.5 Å². The molecule has 0 bridgehead atoms. The fourth-order valence-electron chi connectivity index (χ4n) is 2.88. The Hall–Kier alpha value is -2.43. The van der Waals surface area contributed by atoms with Gasteiger partial charge in [-0.05, 0) is 18.9 Å². The lowest BCUT2D eigenvalue weighted by Gasteiger charge is -2.34. The molecule has 5 heteroatoms. The van der Waals surface area contributed by atoms with E-state index in [1.165, 1.54) is 11.8 Å². The highest BCUT2D eigenvalue weighted by Gasteiger charge is 2.40. The first-order valence-corrected chi connectivity index (χ1v) is 7.81. The Labute approximate surface area is 135 Å². The molecule has 0 saturated carbocycles. The maximum atomic E-state index is 12.8. The third kappa shape index (κ3) is 3.33. The van der Waals surface area contributed by atoms with Crippen molar-refractivity contribution < 1.29 is 19.5 Å². The summed E-state index contributed by atoms with van der Waals surface area (Å²) in [5, 5.41) is 11.4. The Morgan fingerprint density at radius 2 is 1.83 bits per heavy atom. The SMILES string of the molecule is CCCCCN1C(=O)C(c2ccccc2)C(=O)C(C(=O)[O-])=C1C. The zero-order valence-corrected chi connectivity index (χ0v) is 13.4. The van der Waals surface area contributed by atoms with Gasteiger partial charge in [0.05, 0.1) is 11.5 Å². The minimum atomic E-state index is -1.53. The Morgan fingerprint density at radius 1 is 1.17 bits per heavy atom. The van der Waals surface area contributed by atoms with Crippen molar-refractivity contribution in [3.63, 3.8) is 0 Å². The summed E-state index contributed by atoms with van der Waals surface area (Å²) >= 11 is 0. The fraction of sp³-hybridized carbons (Fsp3) is 0.389. The molecule has 122 valence electrons. The molecular weight excluding hydrogens is 294 g/mol. The molecule has 0 fully saturated rings. The Kier molecular flexibility index (Phi) is 5.32. The number of benzene rings is 1. The zero-order chi connectivity index (χ0) is 17.0. The molecule has 1 aromatic rings. The van der Waals surface area contributed by atoms with Gasteiger partial charge in [-0.1, -0.05) is 50.1 Å². The molecule has 1 amide bonds. The van der Waals surface area contributed by atoms with Crippen LogP contribution in [0, 0.1) is 0 Å². The van der Waals surface area contributed by atoms with Crippen molar-refractivity contribution in [2.24, 2.45) is 0 Å². The number of hydrogen-bond acceptors (Lipinski definition) is 4. The average molecular weight is 314 g/mol. The molecule has 0 N–H and O–H groups in total. The molecule has 1 unspecified atom stereocenters. The molecule has 1 atom stereocenters. The summed E-state index contributed by atoms with van der Waals surface area (Å²) in [5.74, 6) is -3.68. The molecule has 2 rings (SSSR count). The van der Waals surface area contributed by atoms with Crippen LogP contribution in [-0.2, 0) is 14.4 Å². The lowest BCUT2D eigenvalue weighted by molar-refractivity contribution is -0.299. The van der Waals surface area contributed by atoms with Crippen molar-refractivity contribution in [2.45, 2.75) is 39.0 Å². The number of carboxylic acid groups (broad SMARTS) is 1. The summed E-state index contributed by atoms with van der Waals surface area (Å²) in [6.45, 7) is 3.95. The van der Waals surface area contributed by atoms with Crippen LogP contribution in [0.4, 0.5) is 0 Å². The molecule has 0 aliphatic carbocycles. The summed E-state index contributed by atoms with van der Waals surface area (Å²) in [6.07, 6.45) is 2.68. The number of carbonyl (C=O) groups excluding carboxylic acids is 3. The van der Waals surface area contributed by atoms with E-state index in [4.69, 9.17) is 0 Å². The number of unbranched alkanes of at least 4 members (excludes halogenated alkanes) is 2. The van der Waals surface area contributed by atoms with Gasteiger partial charge < -0.3 is 14.8 Å². The zero-order valence-electron chi connectivity index (χ0n) is 13.4. The van der Waals surface area contributed by atoms with Crippen LogP contribution >= 0.6 is 0 Å². The summed E-state index contributed by atoms with van der Waals surface area (Å²) in [6, 6.07) is 8.56. The third-order valence-electron chi connectivity index (χ3n) is 4.11. The topological polar surface area (TPSA) is 77.5 Å². The van der Waals surface area contributed by atoms with Crippen LogP contribution in [0.1, 0.15) is 44.6 Å². The van der Waals surface area contributed by atoms with Crippen molar-refractivity contribution in [3.05, 3.63) is 47.2 Å². The van der Waals surface area contributed by atoms with Crippen LogP contribution < -0.4 is 5.11 Å². The van der Waals surface area contributed by atoms with Gasteiger partial charge in [-0.15, -0.1) is 0 Å². The first-order chi connectivity index (χ1) is 11.0. The number of amides is 1. The van der Waals surface area contributed by atoms with Gasteiger partial charge in [-0.25, -0.2) is 0 Å². The summed E-state index contributed by atoms with van der Waals surface area (Å²) in [7, 11) is 0. The van der Waals surface area contributed by atoms with Crippen LogP contribution in [0.3, 0.4) is 0 Å². The molecule has 0 aromatic heterocycles. The van der Waals surface area contributed by atoms with Crippen LogP contribution in [0.2, 0.25) is 0 Å². The van der Waals surface area contributed by atoms with Crippen LogP contribution in [0.15, 0.2) is 41.6 Å². The van der Waals surface area contributed by atoms with E-state index in [1.807, 2.05) is 6.92 Å². The van der Waals surface area contributed by atoms with E-state index in [1.54, 1.807) is 30.3 Å².